The third-order valence-electron chi connectivity index (χ3n) is 3.77. The number of ether oxygens (including phenoxy) is 1. The fourth-order valence-electron chi connectivity index (χ4n) is 2.73. The van der Waals surface area contributed by atoms with Crippen molar-refractivity contribution in [2.24, 2.45) is 5.73 Å². The van der Waals surface area contributed by atoms with Gasteiger partial charge in [0.05, 0.1) is 12.0 Å². The first-order chi connectivity index (χ1) is 8.62. The Labute approximate surface area is 112 Å². The minimum Gasteiger partial charge on any atom is -0.495 e. The third kappa shape index (κ3) is 2.36. The Bertz CT molecular complexity index is 430. The lowest BCUT2D eigenvalue weighted by molar-refractivity contribution is 0.289. The number of benzene rings is 1. The van der Waals surface area contributed by atoms with E-state index >= 15 is 0 Å². The SMILES string of the molecule is COc1ccc(C2(N)CCCCC2)c(F)c1SC. The van der Waals surface area contributed by atoms with Crippen molar-refractivity contribution in [1.82, 2.24) is 0 Å². The lowest BCUT2D eigenvalue weighted by Gasteiger charge is -2.34. The quantitative estimate of drug-likeness (QED) is 0.850. The van der Waals surface area contributed by atoms with Crippen molar-refractivity contribution in [3.05, 3.63) is 23.5 Å². The Balaban J connectivity index is 2.45. The van der Waals surface area contributed by atoms with E-state index in [0.717, 1.165) is 25.7 Å². The van der Waals surface area contributed by atoms with Crippen LogP contribution in [0.3, 0.4) is 0 Å². The molecule has 4 heteroatoms. The highest BCUT2D eigenvalue weighted by Gasteiger charge is 2.33. The molecule has 0 atom stereocenters. The zero-order valence-corrected chi connectivity index (χ0v) is 11.8. The van der Waals surface area contributed by atoms with E-state index in [2.05, 4.69) is 0 Å². The summed E-state index contributed by atoms with van der Waals surface area (Å²) in [6.07, 6.45) is 6.95. The van der Waals surface area contributed by atoms with E-state index in [-0.39, 0.29) is 5.82 Å². The first-order valence-electron chi connectivity index (χ1n) is 6.32. The Morgan fingerprint density at radius 1 is 1.28 bits per heavy atom. The van der Waals surface area contributed by atoms with Crippen LogP contribution in [-0.2, 0) is 5.54 Å². The number of nitrogens with two attached hydrogens (primary N) is 1. The highest BCUT2D eigenvalue weighted by atomic mass is 32.2. The summed E-state index contributed by atoms with van der Waals surface area (Å²) in [6, 6.07) is 3.62. The molecule has 0 amide bonds. The highest BCUT2D eigenvalue weighted by molar-refractivity contribution is 7.98. The molecule has 18 heavy (non-hydrogen) atoms. The topological polar surface area (TPSA) is 35.2 Å². The molecule has 0 unspecified atom stereocenters. The van der Waals surface area contributed by atoms with E-state index in [1.807, 2.05) is 12.3 Å². The smallest absolute Gasteiger partial charge is 0.145 e. The summed E-state index contributed by atoms with van der Waals surface area (Å²) in [5.74, 6) is 0.384. The van der Waals surface area contributed by atoms with Gasteiger partial charge in [0, 0.05) is 11.1 Å². The number of hydrogen-bond acceptors (Lipinski definition) is 3. The van der Waals surface area contributed by atoms with Crippen LogP contribution >= 0.6 is 11.8 Å². The molecule has 1 aliphatic rings. The van der Waals surface area contributed by atoms with Crippen LogP contribution in [0.2, 0.25) is 0 Å². The van der Waals surface area contributed by atoms with Gasteiger partial charge in [0.25, 0.3) is 0 Å². The molecule has 0 aliphatic heterocycles. The van der Waals surface area contributed by atoms with Crippen LogP contribution in [0.25, 0.3) is 0 Å². The molecule has 2 rings (SSSR count). The largest absolute Gasteiger partial charge is 0.495 e. The highest BCUT2D eigenvalue weighted by Crippen LogP contribution is 2.40. The van der Waals surface area contributed by atoms with Gasteiger partial charge in [-0.3, -0.25) is 0 Å². The van der Waals surface area contributed by atoms with Gasteiger partial charge in [-0.15, -0.1) is 11.8 Å². The zero-order chi connectivity index (χ0) is 13.2. The lowest BCUT2D eigenvalue weighted by Crippen LogP contribution is -2.39. The van der Waals surface area contributed by atoms with Gasteiger partial charge in [0.2, 0.25) is 0 Å². The standard InChI is InChI=1S/C14H20FNOS/c1-17-11-7-6-10(12(15)13(11)18-2)14(16)8-4-3-5-9-14/h6-7H,3-5,8-9,16H2,1-2H3. The van der Waals surface area contributed by atoms with Crippen LogP contribution in [0.4, 0.5) is 4.39 Å². The number of thioether (sulfide) groups is 1. The summed E-state index contributed by atoms with van der Waals surface area (Å²) in [5.41, 5.74) is 6.55. The van der Waals surface area contributed by atoms with Crippen molar-refractivity contribution < 1.29 is 9.13 Å². The zero-order valence-electron chi connectivity index (χ0n) is 11.0. The maximum Gasteiger partial charge on any atom is 0.145 e. The molecule has 0 heterocycles. The lowest BCUT2D eigenvalue weighted by atomic mass is 9.77. The molecular formula is C14H20FNOS. The number of hydrogen-bond donors (Lipinski definition) is 1. The molecule has 1 aromatic carbocycles. The molecule has 0 radical (unpaired) electrons. The molecule has 2 nitrogen and oxygen atoms in total. The average molecular weight is 269 g/mol. The second-order valence-electron chi connectivity index (χ2n) is 4.88. The Morgan fingerprint density at radius 2 is 1.94 bits per heavy atom. The molecule has 0 bridgehead atoms. The van der Waals surface area contributed by atoms with Crippen molar-refractivity contribution in [2.45, 2.75) is 42.5 Å². The molecular weight excluding hydrogens is 249 g/mol. The molecule has 1 fully saturated rings. The van der Waals surface area contributed by atoms with Gasteiger partial charge < -0.3 is 10.5 Å². The molecule has 0 aromatic heterocycles. The average Bonchev–Trinajstić information content (AvgIpc) is 2.38. The van der Waals surface area contributed by atoms with E-state index in [9.17, 15) is 4.39 Å². The Kier molecular flexibility index (Phi) is 4.17. The first-order valence-corrected chi connectivity index (χ1v) is 7.54. The molecule has 1 aromatic rings. The van der Waals surface area contributed by atoms with Gasteiger partial charge in [-0.25, -0.2) is 4.39 Å². The summed E-state index contributed by atoms with van der Waals surface area (Å²) < 4.78 is 19.8. The first kappa shape index (κ1) is 13.7. The van der Waals surface area contributed by atoms with Gasteiger partial charge >= 0.3 is 0 Å². The van der Waals surface area contributed by atoms with E-state index < -0.39 is 5.54 Å². The van der Waals surface area contributed by atoms with Gasteiger partial charge in [-0.1, -0.05) is 25.3 Å². The minimum atomic E-state index is -0.501. The summed E-state index contributed by atoms with van der Waals surface area (Å²) in [5, 5.41) is 0. The molecule has 1 aliphatic carbocycles. The fraction of sp³-hybridized carbons (Fsp3) is 0.571. The van der Waals surface area contributed by atoms with Gasteiger partial charge in [0.1, 0.15) is 11.6 Å². The van der Waals surface area contributed by atoms with Crippen LogP contribution < -0.4 is 10.5 Å². The van der Waals surface area contributed by atoms with E-state index in [1.165, 1.54) is 18.2 Å². The second kappa shape index (κ2) is 5.49. The van der Waals surface area contributed by atoms with Gasteiger partial charge in [0.15, 0.2) is 0 Å². The normalized spacial score (nSPS) is 18.7. The maximum absolute atomic E-state index is 14.6. The number of methoxy groups -OCH3 is 1. The molecule has 0 saturated heterocycles. The Morgan fingerprint density at radius 3 is 2.50 bits per heavy atom. The molecule has 1 saturated carbocycles. The minimum absolute atomic E-state index is 0.203. The van der Waals surface area contributed by atoms with Gasteiger partial charge in [-0.05, 0) is 25.2 Å². The van der Waals surface area contributed by atoms with Crippen molar-refractivity contribution in [3.63, 3.8) is 0 Å². The number of halogens is 1. The predicted octanol–water partition coefficient (Wildman–Crippen LogP) is 3.67. The van der Waals surface area contributed by atoms with Crippen LogP contribution in [0.15, 0.2) is 17.0 Å². The second-order valence-corrected chi connectivity index (χ2v) is 5.70. The fourth-order valence-corrected chi connectivity index (χ4v) is 3.37. The van der Waals surface area contributed by atoms with Crippen LogP contribution in [0.5, 0.6) is 5.75 Å². The van der Waals surface area contributed by atoms with E-state index in [1.54, 1.807) is 13.2 Å². The van der Waals surface area contributed by atoms with Crippen molar-refractivity contribution >= 4 is 11.8 Å². The third-order valence-corrected chi connectivity index (χ3v) is 4.56. The van der Waals surface area contributed by atoms with Gasteiger partial charge in [-0.2, -0.15) is 0 Å². The van der Waals surface area contributed by atoms with Crippen molar-refractivity contribution in [2.75, 3.05) is 13.4 Å². The maximum atomic E-state index is 14.6. The molecule has 0 spiro atoms. The molecule has 100 valence electrons. The van der Waals surface area contributed by atoms with Crippen LogP contribution in [-0.4, -0.2) is 13.4 Å². The van der Waals surface area contributed by atoms with E-state index in [4.69, 9.17) is 10.5 Å². The summed E-state index contributed by atoms with van der Waals surface area (Å²) in [4.78, 5) is 0.561. The number of rotatable bonds is 3. The van der Waals surface area contributed by atoms with Crippen LogP contribution in [0, 0.1) is 5.82 Å². The van der Waals surface area contributed by atoms with E-state index in [0.29, 0.717) is 16.2 Å². The predicted molar refractivity (Wildman–Crippen MR) is 73.7 cm³/mol. The van der Waals surface area contributed by atoms with Crippen molar-refractivity contribution in [3.8, 4) is 5.75 Å². The van der Waals surface area contributed by atoms with Crippen molar-refractivity contribution in [1.29, 1.82) is 0 Å². The van der Waals surface area contributed by atoms with Crippen LogP contribution in [0.1, 0.15) is 37.7 Å². The summed E-state index contributed by atoms with van der Waals surface area (Å²) >= 11 is 1.37. The summed E-state index contributed by atoms with van der Waals surface area (Å²) in [6.45, 7) is 0. The monoisotopic (exact) mass is 269 g/mol. The Hall–Kier alpha value is -0.740. The molecule has 2 N–H and O–H groups in total. The summed E-state index contributed by atoms with van der Waals surface area (Å²) in [7, 11) is 1.56.